The highest BCUT2D eigenvalue weighted by atomic mass is 32.1. The summed E-state index contributed by atoms with van der Waals surface area (Å²) in [7, 11) is 0. The van der Waals surface area contributed by atoms with Crippen LogP contribution in [-0.2, 0) is 11.2 Å². The summed E-state index contributed by atoms with van der Waals surface area (Å²) in [4.78, 5) is 12.4. The first-order valence-electron chi connectivity index (χ1n) is 7.54. The Morgan fingerprint density at radius 3 is 2.62 bits per heavy atom. The van der Waals surface area contributed by atoms with Gasteiger partial charge in [-0.25, -0.2) is 0 Å². The van der Waals surface area contributed by atoms with Gasteiger partial charge in [0, 0.05) is 12.3 Å². The van der Waals surface area contributed by atoms with Crippen LogP contribution in [0.1, 0.15) is 62.7 Å². The molecule has 0 aliphatic heterocycles. The zero-order chi connectivity index (χ0) is 15.0. The van der Waals surface area contributed by atoms with Crippen molar-refractivity contribution in [3.05, 3.63) is 10.8 Å². The molecule has 3 rings (SSSR count). The normalized spacial score (nSPS) is 16.3. The quantitative estimate of drug-likeness (QED) is 0.887. The predicted octanol–water partition coefficient (Wildman–Crippen LogP) is 2.89. The highest BCUT2D eigenvalue weighted by Crippen LogP contribution is 2.37. The molecule has 7 heteroatoms. The van der Waals surface area contributed by atoms with E-state index in [-0.39, 0.29) is 0 Å². The minimum absolute atomic E-state index is 0.466. The van der Waals surface area contributed by atoms with Gasteiger partial charge in [0.15, 0.2) is 5.82 Å². The lowest BCUT2D eigenvalue weighted by molar-refractivity contribution is -0.149. The molecule has 0 amide bonds. The Morgan fingerprint density at radius 1 is 1.38 bits per heavy atom. The maximum Gasteiger partial charge on any atom is 0.310 e. The van der Waals surface area contributed by atoms with Gasteiger partial charge >= 0.3 is 5.97 Å². The number of carboxylic acid groups (broad SMARTS) is 1. The lowest BCUT2D eigenvalue weighted by Crippen LogP contribution is -2.32. The third kappa shape index (κ3) is 2.33. The number of aliphatic carboxylic acids is 1. The first kappa shape index (κ1) is 14.4. The van der Waals surface area contributed by atoms with Crippen molar-refractivity contribution in [1.82, 2.24) is 19.8 Å². The molecule has 0 bridgehead atoms. The van der Waals surface area contributed by atoms with Crippen molar-refractivity contribution in [1.29, 1.82) is 0 Å². The van der Waals surface area contributed by atoms with Crippen molar-refractivity contribution >= 4 is 22.3 Å². The lowest BCUT2D eigenvalue weighted by atomic mass is 9.79. The van der Waals surface area contributed by atoms with Crippen LogP contribution in [0, 0.1) is 5.41 Å². The fourth-order valence-corrected chi connectivity index (χ4v) is 3.82. The van der Waals surface area contributed by atoms with Gasteiger partial charge < -0.3 is 5.11 Å². The van der Waals surface area contributed by atoms with Gasteiger partial charge in [0.05, 0.1) is 5.41 Å². The van der Waals surface area contributed by atoms with E-state index >= 15 is 0 Å². The first-order chi connectivity index (χ1) is 10.1. The van der Waals surface area contributed by atoms with E-state index in [1.54, 1.807) is 0 Å². The number of aromatic nitrogens is 4. The smallest absolute Gasteiger partial charge is 0.310 e. The van der Waals surface area contributed by atoms with Crippen molar-refractivity contribution in [2.24, 2.45) is 5.41 Å². The highest BCUT2D eigenvalue weighted by Gasteiger charge is 2.36. The molecule has 1 fully saturated rings. The molecular weight excluding hydrogens is 288 g/mol. The molecule has 2 heterocycles. The van der Waals surface area contributed by atoms with E-state index < -0.39 is 11.4 Å². The molecule has 6 nitrogen and oxygen atoms in total. The molecule has 1 aliphatic rings. The first-order valence-corrected chi connectivity index (χ1v) is 8.35. The monoisotopic (exact) mass is 308 g/mol. The third-order valence-corrected chi connectivity index (χ3v) is 5.72. The van der Waals surface area contributed by atoms with Crippen LogP contribution in [0.4, 0.5) is 0 Å². The number of carboxylic acids is 1. The van der Waals surface area contributed by atoms with Gasteiger partial charge in [-0.15, -0.1) is 10.2 Å². The number of carbonyl (C=O) groups is 1. The van der Waals surface area contributed by atoms with Crippen LogP contribution in [0.5, 0.6) is 0 Å². The second-order valence-corrected chi connectivity index (χ2v) is 6.89. The summed E-state index contributed by atoms with van der Waals surface area (Å²) in [5, 5.41) is 23.4. The van der Waals surface area contributed by atoms with Crippen molar-refractivity contribution < 1.29 is 9.90 Å². The van der Waals surface area contributed by atoms with Crippen molar-refractivity contribution in [3.63, 3.8) is 0 Å². The summed E-state index contributed by atoms with van der Waals surface area (Å²) in [6.07, 6.45) is 5.22. The Balaban J connectivity index is 1.90. The van der Waals surface area contributed by atoms with Gasteiger partial charge in [0.2, 0.25) is 4.96 Å². The van der Waals surface area contributed by atoms with E-state index in [2.05, 4.69) is 15.3 Å². The molecule has 0 saturated heterocycles. The Hall–Kier alpha value is -1.50. The zero-order valence-corrected chi connectivity index (χ0v) is 13.2. The Kier molecular flexibility index (Phi) is 3.69. The number of hydrogen-bond donors (Lipinski definition) is 1. The summed E-state index contributed by atoms with van der Waals surface area (Å²) in [6.45, 7) is 3.86. The second-order valence-electron chi connectivity index (χ2n) is 5.85. The van der Waals surface area contributed by atoms with Gasteiger partial charge in [0.1, 0.15) is 5.01 Å². The highest BCUT2D eigenvalue weighted by molar-refractivity contribution is 7.16. The van der Waals surface area contributed by atoms with Crippen molar-refractivity contribution in [2.45, 2.75) is 58.3 Å². The molecule has 2 aromatic heterocycles. The molecule has 0 radical (unpaired) electrons. The maximum atomic E-state index is 11.6. The molecule has 0 aromatic carbocycles. The van der Waals surface area contributed by atoms with Crippen LogP contribution in [0.25, 0.3) is 4.96 Å². The van der Waals surface area contributed by atoms with E-state index in [1.165, 1.54) is 17.8 Å². The van der Waals surface area contributed by atoms with Crippen molar-refractivity contribution in [2.75, 3.05) is 0 Å². The van der Waals surface area contributed by atoms with Crippen LogP contribution in [0.3, 0.4) is 0 Å². The minimum atomic E-state index is -0.738. The molecule has 21 heavy (non-hydrogen) atoms. The Bertz CT molecular complexity index is 655. The van der Waals surface area contributed by atoms with Gasteiger partial charge in [-0.1, -0.05) is 31.6 Å². The third-order valence-electron chi connectivity index (χ3n) is 4.82. The molecule has 0 spiro atoms. The maximum absolute atomic E-state index is 11.6. The van der Waals surface area contributed by atoms with Gasteiger partial charge in [-0.05, 0) is 25.7 Å². The van der Waals surface area contributed by atoms with E-state index in [9.17, 15) is 9.90 Å². The summed E-state index contributed by atoms with van der Waals surface area (Å²) in [6, 6.07) is 0. The number of hydrogen-bond acceptors (Lipinski definition) is 5. The van der Waals surface area contributed by atoms with E-state index in [4.69, 9.17) is 0 Å². The molecule has 2 aromatic rings. The average molecular weight is 308 g/mol. The van der Waals surface area contributed by atoms with Crippen LogP contribution in [-0.4, -0.2) is 30.9 Å². The van der Waals surface area contributed by atoms with E-state index in [0.29, 0.717) is 25.2 Å². The molecule has 0 unspecified atom stereocenters. The molecule has 0 atom stereocenters. The van der Waals surface area contributed by atoms with Gasteiger partial charge in [-0.2, -0.15) is 9.61 Å². The fourth-order valence-electron chi connectivity index (χ4n) is 2.83. The van der Waals surface area contributed by atoms with Gasteiger partial charge in [0.25, 0.3) is 0 Å². The number of fused-ring (bicyclic) bond motifs is 1. The zero-order valence-electron chi connectivity index (χ0n) is 12.4. The number of rotatable bonds is 6. The van der Waals surface area contributed by atoms with Gasteiger partial charge in [-0.3, -0.25) is 4.79 Å². The summed E-state index contributed by atoms with van der Waals surface area (Å²) in [5.41, 5.74) is -0.722. The fraction of sp³-hybridized carbons (Fsp3) is 0.714. The lowest BCUT2D eigenvalue weighted by Gasteiger charge is -2.25. The standard InChI is InChI=1S/C14H20N4O2S/c1-3-14(4-2,12(19)20)8-10-17-18-11(9-6-5-7-9)15-16-13(18)21-10/h9H,3-8H2,1-2H3,(H,19,20). The summed E-state index contributed by atoms with van der Waals surface area (Å²) in [5.74, 6) is 0.668. The van der Waals surface area contributed by atoms with Crippen LogP contribution in [0.2, 0.25) is 0 Å². The van der Waals surface area contributed by atoms with Crippen LogP contribution >= 0.6 is 11.3 Å². The SMILES string of the molecule is CCC(CC)(Cc1nn2c(C3CCC3)nnc2s1)C(=O)O. The van der Waals surface area contributed by atoms with E-state index in [1.807, 2.05) is 18.4 Å². The summed E-state index contributed by atoms with van der Waals surface area (Å²) < 4.78 is 1.82. The molecule has 1 N–H and O–H groups in total. The predicted molar refractivity (Wildman–Crippen MR) is 79.6 cm³/mol. The molecule has 1 aliphatic carbocycles. The number of nitrogens with zero attached hydrogens (tertiary/aromatic N) is 4. The van der Waals surface area contributed by atoms with Crippen molar-refractivity contribution in [3.8, 4) is 0 Å². The Labute approximate surface area is 127 Å². The van der Waals surface area contributed by atoms with Crippen LogP contribution in [0.15, 0.2) is 0 Å². The van der Waals surface area contributed by atoms with E-state index in [0.717, 1.165) is 28.6 Å². The average Bonchev–Trinajstić information content (AvgIpc) is 2.95. The minimum Gasteiger partial charge on any atom is -0.481 e. The summed E-state index contributed by atoms with van der Waals surface area (Å²) >= 11 is 1.46. The molecule has 1 saturated carbocycles. The molecule has 114 valence electrons. The Morgan fingerprint density at radius 2 is 2.10 bits per heavy atom. The largest absolute Gasteiger partial charge is 0.481 e. The topological polar surface area (TPSA) is 80.4 Å². The molecular formula is C14H20N4O2S. The van der Waals surface area contributed by atoms with Crippen LogP contribution < -0.4 is 0 Å². The second kappa shape index (κ2) is 5.36.